The van der Waals surface area contributed by atoms with E-state index in [1.54, 1.807) is 31.4 Å². The largest absolute Gasteiger partial charge is 0.497 e. The van der Waals surface area contributed by atoms with E-state index in [-0.39, 0.29) is 30.2 Å². The number of methoxy groups -OCH3 is 1. The fourth-order valence-electron chi connectivity index (χ4n) is 3.99. The van der Waals surface area contributed by atoms with Gasteiger partial charge in [0.25, 0.3) is 11.8 Å². The minimum Gasteiger partial charge on any atom is -0.497 e. The van der Waals surface area contributed by atoms with Crippen LogP contribution >= 0.6 is 11.3 Å². The maximum absolute atomic E-state index is 12.9. The SMILES string of the molecule is COc1ccc(N2C(=O)C[C@@H]([NH2+]C3CCN(C(=O)c4cccs4)CC3)C2=O)cc1. The third kappa shape index (κ3) is 4.04. The predicted molar refractivity (Wildman–Crippen MR) is 109 cm³/mol. The van der Waals surface area contributed by atoms with Gasteiger partial charge in [0.05, 0.1) is 30.1 Å². The van der Waals surface area contributed by atoms with Crippen LogP contribution in [0.1, 0.15) is 28.9 Å². The van der Waals surface area contributed by atoms with Crippen molar-refractivity contribution in [3.8, 4) is 5.75 Å². The number of thiophene rings is 1. The van der Waals surface area contributed by atoms with Crippen molar-refractivity contribution in [2.75, 3.05) is 25.1 Å². The molecule has 3 amide bonds. The first-order valence-electron chi connectivity index (χ1n) is 9.75. The minimum atomic E-state index is -0.394. The molecule has 2 aliphatic heterocycles. The average molecular weight is 415 g/mol. The third-order valence-corrected chi connectivity index (χ3v) is 6.43. The number of amides is 3. The number of quaternary nitrogens is 1. The molecule has 7 nitrogen and oxygen atoms in total. The zero-order chi connectivity index (χ0) is 20.4. The topological polar surface area (TPSA) is 83.5 Å². The maximum Gasteiger partial charge on any atom is 0.292 e. The number of nitrogens with two attached hydrogens (primary N) is 1. The first-order chi connectivity index (χ1) is 14.1. The molecule has 1 atom stereocenters. The fraction of sp³-hybridized carbons (Fsp3) is 0.381. The summed E-state index contributed by atoms with van der Waals surface area (Å²) in [7, 11) is 1.57. The Morgan fingerprint density at radius 1 is 1.14 bits per heavy atom. The second kappa shape index (κ2) is 8.34. The average Bonchev–Trinajstić information content (AvgIpc) is 3.37. The molecule has 29 heavy (non-hydrogen) atoms. The van der Waals surface area contributed by atoms with E-state index in [1.165, 1.54) is 16.2 Å². The number of likely N-dealkylation sites (tertiary alicyclic amines) is 1. The van der Waals surface area contributed by atoms with Gasteiger partial charge in [-0.2, -0.15) is 0 Å². The van der Waals surface area contributed by atoms with Gasteiger partial charge < -0.3 is 15.0 Å². The van der Waals surface area contributed by atoms with Gasteiger partial charge >= 0.3 is 0 Å². The summed E-state index contributed by atoms with van der Waals surface area (Å²) in [4.78, 5) is 41.7. The van der Waals surface area contributed by atoms with Gasteiger partial charge in [0, 0.05) is 25.9 Å². The Kier molecular flexibility index (Phi) is 5.64. The molecule has 8 heteroatoms. The molecule has 2 aromatic rings. The lowest BCUT2D eigenvalue weighted by Gasteiger charge is -2.31. The first-order valence-corrected chi connectivity index (χ1v) is 10.6. The monoisotopic (exact) mass is 414 g/mol. The zero-order valence-electron chi connectivity index (χ0n) is 16.2. The highest BCUT2D eigenvalue weighted by Gasteiger charge is 2.43. The van der Waals surface area contributed by atoms with Gasteiger partial charge in [-0.3, -0.25) is 14.4 Å². The van der Waals surface area contributed by atoms with E-state index in [2.05, 4.69) is 0 Å². The van der Waals surface area contributed by atoms with Crippen molar-refractivity contribution in [1.29, 1.82) is 0 Å². The summed E-state index contributed by atoms with van der Waals surface area (Å²) in [6, 6.07) is 10.5. The first kappa shape index (κ1) is 19.6. The number of hydrogen-bond acceptors (Lipinski definition) is 5. The summed E-state index contributed by atoms with van der Waals surface area (Å²) in [5.41, 5.74) is 0.577. The molecule has 1 aromatic heterocycles. The Balaban J connectivity index is 1.34. The summed E-state index contributed by atoms with van der Waals surface area (Å²) in [5, 5.41) is 3.93. The summed E-state index contributed by atoms with van der Waals surface area (Å²) >= 11 is 1.46. The van der Waals surface area contributed by atoms with Crippen LogP contribution in [0.5, 0.6) is 5.75 Å². The second-order valence-corrected chi connectivity index (χ2v) is 8.32. The molecule has 3 heterocycles. The Bertz CT molecular complexity index is 889. The number of carbonyl (C=O) groups excluding carboxylic acids is 3. The lowest BCUT2D eigenvalue weighted by molar-refractivity contribution is -0.709. The molecule has 0 spiro atoms. The molecule has 4 rings (SSSR count). The van der Waals surface area contributed by atoms with Gasteiger partial charge in [0.15, 0.2) is 6.04 Å². The Morgan fingerprint density at radius 3 is 2.48 bits per heavy atom. The van der Waals surface area contributed by atoms with Crippen LogP contribution in [0.2, 0.25) is 0 Å². The second-order valence-electron chi connectivity index (χ2n) is 7.38. The number of carbonyl (C=O) groups is 3. The lowest BCUT2D eigenvalue weighted by Crippen LogP contribution is -2.97. The number of benzene rings is 1. The molecule has 2 saturated heterocycles. The molecule has 0 unspecified atom stereocenters. The third-order valence-electron chi connectivity index (χ3n) is 5.58. The van der Waals surface area contributed by atoms with Crippen LogP contribution in [-0.2, 0) is 9.59 Å². The van der Waals surface area contributed by atoms with E-state index in [1.807, 2.05) is 27.7 Å². The Hall–Kier alpha value is -2.71. The van der Waals surface area contributed by atoms with Crippen molar-refractivity contribution in [2.45, 2.75) is 31.3 Å². The molecule has 2 fully saturated rings. The summed E-state index contributed by atoms with van der Waals surface area (Å²) in [6.07, 6.45) is 1.84. The molecule has 0 aliphatic carbocycles. The highest BCUT2D eigenvalue weighted by Crippen LogP contribution is 2.24. The summed E-state index contributed by atoms with van der Waals surface area (Å²) < 4.78 is 5.13. The van der Waals surface area contributed by atoms with Gasteiger partial charge in [0.2, 0.25) is 5.91 Å². The van der Waals surface area contributed by atoms with Crippen molar-refractivity contribution >= 4 is 34.7 Å². The fourth-order valence-corrected chi connectivity index (χ4v) is 4.68. The number of rotatable bonds is 5. The summed E-state index contributed by atoms with van der Waals surface area (Å²) in [5.74, 6) is 0.417. The van der Waals surface area contributed by atoms with Gasteiger partial charge in [-0.1, -0.05) is 6.07 Å². The number of ether oxygens (including phenoxy) is 1. The van der Waals surface area contributed by atoms with E-state index in [4.69, 9.17) is 4.74 Å². The molecule has 0 bridgehead atoms. The smallest absolute Gasteiger partial charge is 0.292 e. The van der Waals surface area contributed by atoms with E-state index < -0.39 is 6.04 Å². The van der Waals surface area contributed by atoms with Crippen molar-refractivity contribution in [3.05, 3.63) is 46.7 Å². The molecule has 2 N–H and O–H groups in total. The molecule has 2 aliphatic rings. The number of imide groups is 1. The van der Waals surface area contributed by atoms with E-state index in [0.29, 0.717) is 24.5 Å². The quantitative estimate of drug-likeness (QED) is 0.747. The molecular formula is C21H24N3O4S+. The molecule has 0 radical (unpaired) electrons. The van der Waals surface area contributed by atoms with Crippen molar-refractivity contribution in [2.24, 2.45) is 0 Å². The van der Waals surface area contributed by atoms with E-state index in [0.717, 1.165) is 17.7 Å². The standard InChI is InChI=1S/C21H23N3O4S/c1-28-16-6-4-15(5-7-16)24-19(25)13-17(20(24)26)22-14-8-10-23(11-9-14)21(27)18-3-2-12-29-18/h2-7,12,14,17,22H,8-11,13H2,1H3/p+1/t17-/m1/s1. The van der Waals surface area contributed by atoms with Crippen LogP contribution in [0.15, 0.2) is 41.8 Å². The highest BCUT2D eigenvalue weighted by atomic mass is 32.1. The Morgan fingerprint density at radius 2 is 1.86 bits per heavy atom. The highest BCUT2D eigenvalue weighted by molar-refractivity contribution is 7.12. The van der Waals surface area contributed by atoms with Crippen molar-refractivity contribution in [1.82, 2.24) is 4.90 Å². The minimum absolute atomic E-state index is 0.0799. The number of piperidine rings is 1. The number of nitrogens with zero attached hydrogens (tertiary/aromatic N) is 2. The normalized spacial score (nSPS) is 20.4. The van der Waals surface area contributed by atoms with Crippen LogP contribution < -0.4 is 15.0 Å². The molecule has 1 aromatic carbocycles. The van der Waals surface area contributed by atoms with Gasteiger partial charge in [-0.25, -0.2) is 4.90 Å². The van der Waals surface area contributed by atoms with Crippen LogP contribution in [0, 0.1) is 0 Å². The van der Waals surface area contributed by atoms with Crippen LogP contribution in [0.3, 0.4) is 0 Å². The molecular weight excluding hydrogens is 390 g/mol. The predicted octanol–water partition coefficient (Wildman–Crippen LogP) is 1.26. The van der Waals surface area contributed by atoms with Crippen LogP contribution in [0.25, 0.3) is 0 Å². The maximum atomic E-state index is 12.9. The molecule has 152 valence electrons. The van der Waals surface area contributed by atoms with Crippen molar-refractivity contribution < 1.29 is 24.4 Å². The van der Waals surface area contributed by atoms with Gasteiger partial charge in [-0.15, -0.1) is 11.3 Å². The molecule has 0 saturated carbocycles. The lowest BCUT2D eigenvalue weighted by atomic mass is 10.0. The Labute approximate surface area is 173 Å². The van der Waals surface area contributed by atoms with Crippen LogP contribution in [0.4, 0.5) is 5.69 Å². The van der Waals surface area contributed by atoms with E-state index in [9.17, 15) is 14.4 Å². The number of anilines is 1. The van der Waals surface area contributed by atoms with Gasteiger partial charge in [-0.05, 0) is 35.7 Å². The summed E-state index contributed by atoms with van der Waals surface area (Å²) in [6.45, 7) is 1.35. The number of hydrogen-bond donors (Lipinski definition) is 1. The van der Waals surface area contributed by atoms with Crippen molar-refractivity contribution in [3.63, 3.8) is 0 Å². The van der Waals surface area contributed by atoms with Gasteiger partial charge in [0.1, 0.15) is 5.75 Å². The van der Waals surface area contributed by atoms with Crippen LogP contribution in [-0.4, -0.2) is 54.9 Å². The zero-order valence-corrected chi connectivity index (χ0v) is 17.1. The van der Waals surface area contributed by atoms with E-state index >= 15 is 0 Å².